The summed E-state index contributed by atoms with van der Waals surface area (Å²) >= 11 is 6.07. The molecule has 2 heterocycles. The van der Waals surface area contributed by atoms with Crippen molar-refractivity contribution in [3.63, 3.8) is 0 Å². The number of carbonyl (C=O) groups excluding carboxylic acids is 1. The van der Waals surface area contributed by atoms with Gasteiger partial charge in [-0.05, 0) is 30.3 Å². The fraction of sp³-hybridized carbons (Fsp3) is 0.105. The van der Waals surface area contributed by atoms with Gasteiger partial charge < -0.3 is 24.8 Å². The first-order valence-corrected chi connectivity index (χ1v) is 8.64. The van der Waals surface area contributed by atoms with Crippen molar-refractivity contribution < 1.29 is 19.0 Å². The second-order valence-corrected chi connectivity index (χ2v) is 6.20. The Balaban J connectivity index is 1.42. The highest BCUT2D eigenvalue weighted by molar-refractivity contribution is 6.32. The maximum absolute atomic E-state index is 12.4. The molecule has 0 radical (unpaired) electrons. The third-order valence-electron chi connectivity index (χ3n) is 3.95. The van der Waals surface area contributed by atoms with E-state index >= 15 is 0 Å². The third-order valence-corrected chi connectivity index (χ3v) is 4.25. The lowest BCUT2D eigenvalue weighted by atomic mass is 10.2. The largest absolute Gasteiger partial charge is 0.495 e. The highest BCUT2D eigenvalue weighted by atomic mass is 35.5. The van der Waals surface area contributed by atoms with E-state index in [4.69, 9.17) is 25.8 Å². The van der Waals surface area contributed by atoms with Gasteiger partial charge in [-0.3, -0.25) is 4.79 Å². The molecule has 3 aromatic rings. The number of nitrogens with zero attached hydrogens (tertiary/aromatic N) is 2. The van der Waals surface area contributed by atoms with Crippen molar-refractivity contribution in [2.24, 2.45) is 0 Å². The van der Waals surface area contributed by atoms with E-state index < -0.39 is 0 Å². The minimum absolute atomic E-state index is 0.207. The molecule has 0 saturated carbocycles. The molecule has 0 atom stereocenters. The average molecular weight is 399 g/mol. The summed E-state index contributed by atoms with van der Waals surface area (Å²) in [6, 6.07) is 10.4. The molecule has 1 amide bonds. The van der Waals surface area contributed by atoms with Crippen LogP contribution in [0.25, 0.3) is 0 Å². The fourth-order valence-corrected chi connectivity index (χ4v) is 2.82. The standard InChI is InChI=1S/C19H15ClN4O4/c1-26-15-4-2-12(6-14(15)20)23-18(25)11-8-21-19(22-9-11)24-13-3-5-16-17(7-13)28-10-27-16/h2-9H,10H2,1H3,(H,23,25)(H,21,22,24). The van der Waals surface area contributed by atoms with Gasteiger partial charge in [0.2, 0.25) is 12.7 Å². The predicted molar refractivity (Wildman–Crippen MR) is 104 cm³/mol. The molecule has 0 saturated heterocycles. The first kappa shape index (κ1) is 17.9. The van der Waals surface area contributed by atoms with Crippen LogP contribution in [0.2, 0.25) is 5.02 Å². The summed E-state index contributed by atoms with van der Waals surface area (Å²) in [7, 11) is 1.52. The zero-order chi connectivity index (χ0) is 19.5. The molecule has 9 heteroatoms. The van der Waals surface area contributed by atoms with E-state index in [1.807, 2.05) is 6.07 Å². The number of hydrogen-bond donors (Lipinski definition) is 2. The maximum atomic E-state index is 12.4. The van der Waals surface area contributed by atoms with E-state index in [-0.39, 0.29) is 12.7 Å². The maximum Gasteiger partial charge on any atom is 0.258 e. The molecule has 2 N–H and O–H groups in total. The number of nitrogens with one attached hydrogen (secondary N) is 2. The predicted octanol–water partition coefficient (Wildman–Crippen LogP) is 3.86. The van der Waals surface area contributed by atoms with E-state index in [2.05, 4.69) is 20.6 Å². The van der Waals surface area contributed by atoms with E-state index in [0.29, 0.717) is 39.5 Å². The van der Waals surface area contributed by atoms with E-state index in [0.717, 1.165) is 5.69 Å². The molecule has 1 aromatic heterocycles. The van der Waals surface area contributed by atoms with Gasteiger partial charge in [0.15, 0.2) is 11.5 Å². The molecular formula is C19H15ClN4O4. The Labute approximate surface area is 165 Å². The molecule has 4 rings (SSSR count). The topological polar surface area (TPSA) is 94.6 Å². The lowest BCUT2D eigenvalue weighted by Gasteiger charge is -2.09. The van der Waals surface area contributed by atoms with Crippen LogP contribution in [0.3, 0.4) is 0 Å². The molecule has 0 bridgehead atoms. The number of fused-ring (bicyclic) bond motifs is 1. The number of ether oxygens (including phenoxy) is 3. The molecule has 0 spiro atoms. The van der Waals surface area contributed by atoms with Crippen LogP contribution in [0.15, 0.2) is 48.8 Å². The number of hydrogen-bond acceptors (Lipinski definition) is 7. The monoisotopic (exact) mass is 398 g/mol. The second kappa shape index (κ2) is 7.61. The number of anilines is 3. The second-order valence-electron chi connectivity index (χ2n) is 5.79. The molecule has 1 aliphatic heterocycles. The van der Waals surface area contributed by atoms with Gasteiger partial charge in [-0.25, -0.2) is 9.97 Å². The van der Waals surface area contributed by atoms with Crippen molar-refractivity contribution >= 4 is 34.8 Å². The molecule has 142 valence electrons. The molecular weight excluding hydrogens is 384 g/mol. The number of methoxy groups -OCH3 is 1. The van der Waals surface area contributed by atoms with Crippen LogP contribution in [0.4, 0.5) is 17.3 Å². The van der Waals surface area contributed by atoms with Crippen molar-refractivity contribution in [2.75, 3.05) is 24.5 Å². The molecule has 1 aliphatic rings. The van der Waals surface area contributed by atoms with Gasteiger partial charge in [-0.2, -0.15) is 0 Å². The van der Waals surface area contributed by atoms with Gasteiger partial charge in [0.1, 0.15) is 5.75 Å². The Morgan fingerprint density at radius 2 is 1.82 bits per heavy atom. The summed E-state index contributed by atoms with van der Waals surface area (Å²) in [6.07, 6.45) is 2.87. The third kappa shape index (κ3) is 3.77. The van der Waals surface area contributed by atoms with Crippen molar-refractivity contribution in [3.05, 3.63) is 59.4 Å². The number of carbonyl (C=O) groups is 1. The first-order chi connectivity index (χ1) is 13.6. The summed E-state index contributed by atoms with van der Waals surface area (Å²) in [4.78, 5) is 20.7. The quantitative estimate of drug-likeness (QED) is 0.673. The average Bonchev–Trinajstić information content (AvgIpc) is 3.16. The Hall–Kier alpha value is -3.52. The Morgan fingerprint density at radius 1 is 1.07 bits per heavy atom. The van der Waals surface area contributed by atoms with Crippen LogP contribution in [0, 0.1) is 0 Å². The summed E-state index contributed by atoms with van der Waals surface area (Å²) in [5, 5.41) is 6.19. The van der Waals surface area contributed by atoms with Crippen molar-refractivity contribution in [2.45, 2.75) is 0 Å². The van der Waals surface area contributed by atoms with Gasteiger partial charge in [-0.15, -0.1) is 0 Å². The molecule has 0 unspecified atom stereocenters. The lowest BCUT2D eigenvalue weighted by molar-refractivity contribution is 0.102. The van der Waals surface area contributed by atoms with Crippen LogP contribution in [0.5, 0.6) is 17.2 Å². The SMILES string of the molecule is COc1ccc(NC(=O)c2cnc(Nc3ccc4c(c3)OCO4)nc2)cc1Cl. The van der Waals surface area contributed by atoms with Crippen molar-refractivity contribution in [1.29, 1.82) is 0 Å². The first-order valence-electron chi connectivity index (χ1n) is 8.26. The molecule has 8 nitrogen and oxygen atoms in total. The van der Waals surface area contributed by atoms with Crippen LogP contribution in [0.1, 0.15) is 10.4 Å². The van der Waals surface area contributed by atoms with Crippen molar-refractivity contribution in [1.82, 2.24) is 9.97 Å². The zero-order valence-electron chi connectivity index (χ0n) is 14.7. The minimum Gasteiger partial charge on any atom is -0.495 e. The molecule has 2 aromatic carbocycles. The van der Waals surface area contributed by atoms with Crippen LogP contribution < -0.4 is 24.8 Å². The van der Waals surface area contributed by atoms with E-state index in [9.17, 15) is 4.79 Å². The van der Waals surface area contributed by atoms with Crippen LogP contribution >= 0.6 is 11.6 Å². The highest BCUT2D eigenvalue weighted by Crippen LogP contribution is 2.34. The smallest absolute Gasteiger partial charge is 0.258 e. The van der Waals surface area contributed by atoms with Gasteiger partial charge in [-0.1, -0.05) is 11.6 Å². The summed E-state index contributed by atoms with van der Waals surface area (Å²) in [5.41, 5.74) is 1.59. The number of amides is 1. The molecule has 0 aliphatic carbocycles. The fourth-order valence-electron chi connectivity index (χ4n) is 2.56. The van der Waals surface area contributed by atoms with Crippen LogP contribution in [-0.4, -0.2) is 29.8 Å². The number of halogens is 1. The number of aromatic nitrogens is 2. The highest BCUT2D eigenvalue weighted by Gasteiger charge is 2.14. The normalized spacial score (nSPS) is 11.8. The van der Waals surface area contributed by atoms with Crippen molar-refractivity contribution in [3.8, 4) is 17.2 Å². The van der Waals surface area contributed by atoms with Crippen LogP contribution in [-0.2, 0) is 0 Å². The Morgan fingerprint density at radius 3 is 2.57 bits per heavy atom. The lowest BCUT2D eigenvalue weighted by Crippen LogP contribution is -2.13. The van der Waals surface area contributed by atoms with Gasteiger partial charge in [0, 0.05) is 29.8 Å². The summed E-state index contributed by atoms with van der Waals surface area (Å²) in [6.45, 7) is 0.207. The van der Waals surface area contributed by atoms with E-state index in [1.54, 1.807) is 30.3 Å². The van der Waals surface area contributed by atoms with Gasteiger partial charge >= 0.3 is 0 Å². The number of benzene rings is 2. The van der Waals surface area contributed by atoms with E-state index in [1.165, 1.54) is 19.5 Å². The minimum atomic E-state index is -0.351. The van der Waals surface area contributed by atoms with Gasteiger partial charge in [0.05, 0.1) is 17.7 Å². The zero-order valence-corrected chi connectivity index (χ0v) is 15.5. The Kier molecular flexibility index (Phi) is 4.86. The summed E-state index contributed by atoms with van der Waals surface area (Å²) < 4.78 is 15.7. The van der Waals surface area contributed by atoms with Gasteiger partial charge in [0.25, 0.3) is 5.91 Å². The number of rotatable bonds is 5. The molecule has 0 fully saturated rings. The molecule has 28 heavy (non-hydrogen) atoms. The summed E-state index contributed by atoms with van der Waals surface area (Å²) in [5.74, 6) is 1.87. The Bertz CT molecular complexity index is 1030.